The van der Waals surface area contributed by atoms with E-state index in [2.05, 4.69) is 5.32 Å². The molecule has 1 saturated heterocycles. The highest BCUT2D eigenvalue weighted by Gasteiger charge is 2.30. The van der Waals surface area contributed by atoms with Gasteiger partial charge in [-0.05, 0) is 17.7 Å². The minimum absolute atomic E-state index is 0.0342. The maximum atomic E-state index is 12.4. The van der Waals surface area contributed by atoms with Gasteiger partial charge in [-0.25, -0.2) is 0 Å². The van der Waals surface area contributed by atoms with Gasteiger partial charge >= 0.3 is 6.18 Å². The quantitative estimate of drug-likeness (QED) is 0.927. The number of benzene rings is 1. The number of ketones is 1. The number of nitrogens with one attached hydrogen (secondary N) is 1. The van der Waals surface area contributed by atoms with Crippen LogP contribution in [0.1, 0.15) is 11.1 Å². The van der Waals surface area contributed by atoms with Crippen LogP contribution in [0.4, 0.5) is 13.2 Å². The van der Waals surface area contributed by atoms with E-state index in [1.54, 1.807) is 11.8 Å². The van der Waals surface area contributed by atoms with Gasteiger partial charge in [0.15, 0.2) is 5.78 Å². The van der Waals surface area contributed by atoms with Crippen molar-refractivity contribution in [2.75, 3.05) is 18.1 Å². The van der Waals surface area contributed by atoms with Crippen molar-refractivity contribution in [3.8, 4) is 0 Å². The summed E-state index contributed by atoms with van der Waals surface area (Å²) < 4.78 is 37.2. The monoisotopic (exact) mass is 289 g/mol. The molecule has 1 heterocycles. The van der Waals surface area contributed by atoms with Gasteiger partial charge in [0.05, 0.1) is 11.6 Å². The molecule has 1 aromatic rings. The Morgan fingerprint density at radius 3 is 2.53 bits per heavy atom. The zero-order chi connectivity index (χ0) is 13.9. The van der Waals surface area contributed by atoms with Crippen molar-refractivity contribution in [1.29, 1.82) is 0 Å². The summed E-state index contributed by atoms with van der Waals surface area (Å²) in [7, 11) is 0. The lowest BCUT2D eigenvalue weighted by Crippen LogP contribution is -2.44. The highest BCUT2D eigenvalue weighted by atomic mass is 32.2. The van der Waals surface area contributed by atoms with E-state index in [0.717, 1.165) is 30.2 Å². The van der Waals surface area contributed by atoms with E-state index in [4.69, 9.17) is 0 Å². The maximum absolute atomic E-state index is 12.4. The van der Waals surface area contributed by atoms with Crippen LogP contribution in [0.25, 0.3) is 0 Å². The molecule has 1 unspecified atom stereocenters. The first-order valence-electron chi connectivity index (χ1n) is 5.97. The predicted molar refractivity (Wildman–Crippen MR) is 69.3 cm³/mol. The molecule has 1 aromatic carbocycles. The molecule has 1 fully saturated rings. The van der Waals surface area contributed by atoms with Crippen LogP contribution in [-0.2, 0) is 17.4 Å². The number of halogens is 3. The Morgan fingerprint density at radius 1 is 1.32 bits per heavy atom. The number of alkyl halides is 3. The van der Waals surface area contributed by atoms with Gasteiger partial charge in [-0.2, -0.15) is 24.9 Å². The smallest absolute Gasteiger partial charge is 0.306 e. The van der Waals surface area contributed by atoms with Gasteiger partial charge < -0.3 is 5.32 Å². The summed E-state index contributed by atoms with van der Waals surface area (Å²) in [6.45, 7) is 0.800. The summed E-state index contributed by atoms with van der Waals surface area (Å²) in [4.78, 5) is 12.0. The number of hydrogen-bond acceptors (Lipinski definition) is 3. The van der Waals surface area contributed by atoms with Crippen LogP contribution in [0.5, 0.6) is 0 Å². The minimum Gasteiger partial charge on any atom is -0.306 e. The summed E-state index contributed by atoms with van der Waals surface area (Å²) in [5.41, 5.74) is -0.0644. The Kier molecular flexibility index (Phi) is 4.52. The van der Waals surface area contributed by atoms with Crippen LogP contribution in [-0.4, -0.2) is 29.9 Å². The van der Waals surface area contributed by atoms with E-state index >= 15 is 0 Å². The van der Waals surface area contributed by atoms with Gasteiger partial charge in [0.1, 0.15) is 0 Å². The van der Waals surface area contributed by atoms with E-state index in [-0.39, 0.29) is 18.2 Å². The Balaban J connectivity index is 1.97. The van der Waals surface area contributed by atoms with Crippen molar-refractivity contribution in [2.24, 2.45) is 0 Å². The molecular formula is C13H14F3NOS. The van der Waals surface area contributed by atoms with Gasteiger partial charge in [-0.1, -0.05) is 12.1 Å². The fraction of sp³-hybridized carbons (Fsp3) is 0.462. The first-order chi connectivity index (χ1) is 8.97. The molecular weight excluding hydrogens is 275 g/mol. The zero-order valence-electron chi connectivity index (χ0n) is 10.2. The average molecular weight is 289 g/mol. The molecule has 0 saturated carbocycles. The predicted octanol–water partition coefficient (Wildman–Crippen LogP) is 2.52. The van der Waals surface area contributed by atoms with E-state index in [9.17, 15) is 18.0 Å². The molecule has 1 atom stereocenters. The molecule has 0 aliphatic carbocycles. The average Bonchev–Trinajstić information content (AvgIpc) is 2.39. The second kappa shape index (κ2) is 5.96. The molecule has 0 radical (unpaired) electrons. The molecule has 2 rings (SSSR count). The summed E-state index contributed by atoms with van der Waals surface area (Å²) in [5, 5.41) is 3.12. The first-order valence-corrected chi connectivity index (χ1v) is 7.12. The van der Waals surface area contributed by atoms with Crippen molar-refractivity contribution in [2.45, 2.75) is 18.6 Å². The number of hydrogen-bond donors (Lipinski definition) is 1. The first kappa shape index (κ1) is 14.4. The van der Waals surface area contributed by atoms with Crippen LogP contribution < -0.4 is 5.32 Å². The maximum Gasteiger partial charge on any atom is 0.416 e. The highest BCUT2D eigenvalue weighted by Crippen LogP contribution is 2.29. The zero-order valence-corrected chi connectivity index (χ0v) is 11.0. The van der Waals surface area contributed by atoms with Crippen molar-refractivity contribution < 1.29 is 18.0 Å². The molecule has 0 bridgehead atoms. The molecule has 0 amide bonds. The third kappa shape index (κ3) is 3.98. The summed E-state index contributed by atoms with van der Waals surface area (Å²) >= 11 is 1.72. The van der Waals surface area contributed by atoms with E-state index < -0.39 is 11.7 Å². The number of carbonyl (C=O) groups excluding carboxylic acids is 1. The van der Waals surface area contributed by atoms with Gasteiger partial charge in [-0.15, -0.1) is 0 Å². The topological polar surface area (TPSA) is 29.1 Å². The molecule has 1 N–H and O–H groups in total. The number of rotatable bonds is 3. The second-order valence-electron chi connectivity index (χ2n) is 4.42. The number of thioether (sulfide) groups is 1. The second-order valence-corrected chi connectivity index (χ2v) is 5.57. The summed E-state index contributed by atoms with van der Waals surface area (Å²) in [5.74, 6) is 1.76. The van der Waals surface area contributed by atoms with Crippen LogP contribution >= 0.6 is 11.8 Å². The normalized spacial score (nSPS) is 20.3. The van der Waals surface area contributed by atoms with Crippen LogP contribution in [0, 0.1) is 0 Å². The fourth-order valence-electron chi connectivity index (χ4n) is 1.91. The molecule has 0 aromatic heterocycles. The number of carbonyl (C=O) groups is 1. The molecule has 19 heavy (non-hydrogen) atoms. The molecule has 2 nitrogen and oxygen atoms in total. The molecule has 0 spiro atoms. The van der Waals surface area contributed by atoms with Crippen LogP contribution in [0.15, 0.2) is 24.3 Å². The van der Waals surface area contributed by atoms with Crippen molar-refractivity contribution in [3.63, 3.8) is 0 Å². The third-order valence-electron chi connectivity index (χ3n) is 2.97. The van der Waals surface area contributed by atoms with E-state index in [0.29, 0.717) is 5.56 Å². The Labute approximate surface area is 113 Å². The lowest BCUT2D eigenvalue weighted by Gasteiger charge is -2.21. The van der Waals surface area contributed by atoms with E-state index in [1.165, 1.54) is 12.1 Å². The molecule has 1 aliphatic rings. The Bertz CT molecular complexity index is 438. The molecule has 1 aliphatic heterocycles. The lowest BCUT2D eigenvalue weighted by molar-refractivity contribution is -0.137. The largest absolute Gasteiger partial charge is 0.416 e. The van der Waals surface area contributed by atoms with Crippen molar-refractivity contribution in [3.05, 3.63) is 35.4 Å². The fourth-order valence-corrected chi connectivity index (χ4v) is 2.88. The van der Waals surface area contributed by atoms with E-state index in [1.807, 2.05) is 0 Å². The van der Waals surface area contributed by atoms with Gasteiger partial charge in [0, 0.05) is 24.5 Å². The van der Waals surface area contributed by atoms with Gasteiger partial charge in [-0.3, -0.25) is 4.79 Å². The van der Waals surface area contributed by atoms with Crippen molar-refractivity contribution >= 4 is 17.5 Å². The van der Waals surface area contributed by atoms with Crippen molar-refractivity contribution in [1.82, 2.24) is 5.32 Å². The lowest BCUT2D eigenvalue weighted by atomic mass is 10.0. The van der Waals surface area contributed by atoms with Gasteiger partial charge in [0.25, 0.3) is 0 Å². The highest BCUT2D eigenvalue weighted by molar-refractivity contribution is 7.99. The van der Waals surface area contributed by atoms with Crippen LogP contribution in [0.3, 0.4) is 0 Å². The minimum atomic E-state index is -4.33. The summed E-state index contributed by atoms with van der Waals surface area (Å²) in [6, 6.07) is 4.60. The number of Topliss-reactive ketones (excluding diaryl/α,β-unsaturated/α-hetero) is 1. The Morgan fingerprint density at radius 2 is 2.00 bits per heavy atom. The molecule has 6 heteroatoms. The third-order valence-corrected chi connectivity index (χ3v) is 4.03. The summed E-state index contributed by atoms with van der Waals surface area (Å²) in [6.07, 6.45) is -4.15. The Hall–Kier alpha value is -1.01. The van der Waals surface area contributed by atoms with Crippen LogP contribution in [0.2, 0.25) is 0 Å². The van der Waals surface area contributed by atoms with Gasteiger partial charge in [0.2, 0.25) is 0 Å². The SMILES string of the molecule is O=C(Cc1ccc(C(F)(F)F)cc1)C1CSCCN1. The standard InChI is InChI=1S/C13H14F3NOS/c14-13(15,16)10-3-1-9(2-4-10)7-12(18)11-8-19-6-5-17-11/h1-4,11,17H,5-8H2. The molecule has 104 valence electrons.